The molecule has 1 atom stereocenters. The molecule has 27 heavy (non-hydrogen) atoms. The van der Waals surface area contributed by atoms with Crippen molar-refractivity contribution in [2.45, 2.75) is 31.9 Å². The average molecular weight is 392 g/mol. The number of aliphatic hydroxyl groups is 1. The third-order valence-electron chi connectivity index (χ3n) is 3.73. The second-order valence-electron chi connectivity index (χ2n) is 6.85. The van der Waals surface area contributed by atoms with E-state index in [1.165, 1.54) is 0 Å². The van der Waals surface area contributed by atoms with Crippen LogP contribution in [0.2, 0.25) is 5.15 Å². The van der Waals surface area contributed by atoms with Gasteiger partial charge in [0.25, 0.3) is 0 Å². The molecule has 6 nitrogen and oxygen atoms in total. The van der Waals surface area contributed by atoms with Crippen LogP contribution in [0, 0.1) is 0 Å². The minimum absolute atomic E-state index is 0.199. The van der Waals surface area contributed by atoms with Crippen molar-refractivity contribution in [3.8, 4) is 11.6 Å². The van der Waals surface area contributed by atoms with Crippen molar-refractivity contribution in [3.63, 3.8) is 0 Å². The van der Waals surface area contributed by atoms with E-state index in [-0.39, 0.29) is 12.1 Å². The van der Waals surface area contributed by atoms with Gasteiger partial charge in [-0.1, -0.05) is 29.8 Å². The fourth-order valence-electron chi connectivity index (χ4n) is 2.26. The summed E-state index contributed by atoms with van der Waals surface area (Å²) in [6, 6.07) is 11.0. The van der Waals surface area contributed by atoms with Gasteiger partial charge in [0.05, 0.1) is 0 Å². The molecule has 0 amide bonds. The van der Waals surface area contributed by atoms with Crippen molar-refractivity contribution >= 4 is 11.6 Å². The van der Waals surface area contributed by atoms with E-state index in [4.69, 9.17) is 21.1 Å². The van der Waals surface area contributed by atoms with Gasteiger partial charge in [-0.3, -0.25) is 0 Å². The number of nitrogens with zero attached hydrogens (tertiary/aromatic N) is 2. The summed E-state index contributed by atoms with van der Waals surface area (Å²) in [4.78, 5) is 0. The SMILES string of the molecule is C=CCc1cccc(OCC(O)CNC(C)(C)COc2ccc(Cl)nn2)c1. The number of aromatic nitrogens is 2. The van der Waals surface area contributed by atoms with Crippen molar-refractivity contribution in [3.05, 3.63) is 59.8 Å². The van der Waals surface area contributed by atoms with Crippen LogP contribution in [0.25, 0.3) is 0 Å². The maximum absolute atomic E-state index is 10.2. The number of aliphatic hydroxyl groups excluding tert-OH is 1. The third-order valence-corrected chi connectivity index (χ3v) is 3.93. The highest BCUT2D eigenvalue weighted by molar-refractivity contribution is 6.29. The van der Waals surface area contributed by atoms with Crippen LogP contribution in [0.3, 0.4) is 0 Å². The molecule has 0 bridgehead atoms. The number of ether oxygens (including phenoxy) is 2. The molecule has 0 aliphatic rings. The van der Waals surface area contributed by atoms with Gasteiger partial charge in [0.1, 0.15) is 25.1 Å². The summed E-state index contributed by atoms with van der Waals surface area (Å²) in [5, 5.41) is 21.3. The van der Waals surface area contributed by atoms with Crippen molar-refractivity contribution in [1.29, 1.82) is 0 Å². The Morgan fingerprint density at radius 1 is 1.26 bits per heavy atom. The Balaban J connectivity index is 1.73. The van der Waals surface area contributed by atoms with E-state index in [1.54, 1.807) is 12.1 Å². The molecule has 1 aromatic heterocycles. The first-order chi connectivity index (χ1) is 12.9. The summed E-state index contributed by atoms with van der Waals surface area (Å²) < 4.78 is 11.3. The van der Waals surface area contributed by atoms with Gasteiger partial charge in [0.15, 0.2) is 5.15 Å². The van der Waals surface area contributed by atoms with Crippen LogP contribution in [0.15, 0.2) is 49.1 Å². The zero-order valence-corrected chi connectivity index (χ0v) is 16.4. The van der Waals surface area contributed by atoms with Crippen LogP contribution in [-0.4, -0.2) is 46.7 Å². The molecular weight excluding hydrogens is 366 g/mol. The zero-order chi connectivity index (χ0) is 19.7. The summed E-state index contributed by atoms with van der Waals surface area (Å²) >= 11 is 5.70. The van der Waals surface area contributed by atoms with Gasteiger partial charge in [-0.05, 0) is 44.0 Å². The molecule has 0 saturated heterocycles. The first-order valence-electron chi connectivity index (χ1n) is 8.76. The smallest absolute Gasteiger partial charge is 0.233 e. The highest BCUT2D eigenvalue weighted by Crippen LogP contribution is 2.15. The predicted molar refractivity (Wildman–Crippen MR) is 106 cm³/mol. The molecule has 0 aliphatic carbocycles. The molecular formula is C20H26ClN3O3. The van der Waals surface area contributed by atoms with E-state index in [9.17, 15) is 5.11 Å². The normalized spacial score (nSPS) is 12.4. The Kier molecular flexibility index (Phi) is 8.03. The topological polar surface area (TPSA) is 76.5 Å². The molecule has 0 aliphatic heterocycles. The molecule has 146 valence electrons. The second-order valence-corrected chi connectivity index (χ2v) is 7.24. The van der Waals surface area contributed by atoms with E-state index in [1.807, 2.05) is 44.2 Å². The van der Waals surface area contributed by atoms with Crippen LogP contribution in [0.5, 0.6) is 11.6 Å². The monoisotopic (exact) mass is 391 g/mol. The molecule has 0 radical (unpaired) electrons. The van der Waals surface area contributed by atoms with Crippen LogP contribution < -0.4 is 14.8 Å². The van der Waals surface area contributed by atoms with Crippen LogP contribution >= 0.6 is 11.6 Å². The second kappa shape index (κ2) is 10.3. The number of allylic oxidation sites excluding steroid dienone is 1. The predicted octanol–water partition coefficient (Wildman–Crippen LogP) is 3.05. The minimum atomic E-state index is -0.650. The summed E-state index contributed by atoms with van der Waals surface area (Å²) in [7, 11) is 0. The summed E-state index contributed by atoms with van der Waals surface area (Å²) in [6.07, 6.45) is 1.98. The Morgan fingerprint density at radius 3 is 2.78 bits per heavy atom. The molecule has 2 rings (SSSR count). The molecule has 7 heteroatoms. The number of hydrogen-bond donors (Lipinski definition) is 2. The van der Waals surface area contributed by atoms with Gasteiger partial charge in [-0.15, -0.1) is 16.8 Å². The molecule has 2 N–H and O–H groups in total. The van der Waals surface area contributed by atoms with Crippen molar-refractivity contribution in [2.24, 2.45) is 0 Å². The van der Waals surface area contributed by atoms with Gasteiger partial charge >= 0.3 is 0 Å². The highest BCUT2D eigenvalue weighted by Gasteiger charge is 2.20. The van der Waals surface area contributed by atoms with Gasteiger partial charge < -0.3 is 19.9 Å². The lowest BCUT2D eigenvalue weighted by Gasteiger charge is -2.27. The van der Waals surface area contributed by atoms with Crippen LogP contribution in [-0.2, 0) is 6.42 Å². The van der Waals surface area contributed by atoms with E-state index in [0.29, 0.717) is 24.2 Å². The maximum atomic E-state index is 10.2. The maximum Gasteiger partial charge on any atom is 0.233 e. The quantitative estimate of drug-likeness (QED) is 0.573. The largest absolute Gasteiger partial charge is 0.491 e. The minimum Gasteiger partial charge on any atom is -0.491 e. The molecule has 0 saturated carbocycles. The van der Waals surface area contributed by atoms with Crippen molar-refractivity contribution in [2.75, 3.05) is 19.8 Å². The fourth-order valence-corrected chi connectivity index (χ4v) is 2.36. The lowest BCUT2D eigenvalue weighted by atomic mass is 10.1. The van der Waals surface area contributed by atoms with E-state index < -0.39 is 6.10 Å². The zero-order valence-electron chi connectivity index (χ0n) is 15.7. The Labute approximate surface area is 165 Å². The number of rotatable bonds is 11. The fraction of sp³-hybridized carbons (Fsp3) is 0.400. The summed E-state index contributed by atoms with van der Waals surface area (Å²) in [6.45, 7) is 8.61. The van der Waals surface area contributed by atoms with Crippen molar-refractivity contribution in [1.82, 2.24) is 15.5 Å². The van der Waals surface area contributed by atoms with E-state index in [0.717, 1.165) is 17.7 Å². The summed E-state index contributed by atoms with van der Waals surface area (Å²) in [5.41, 5.74) is 0.755. The molecule has 1 unspecified atom stereocenters. The molecule has 0 spiro atoms. The summed E-state index contributed by atoms with van der Waals surface area (Å²) in [5.74, 6) is 1.13. The van der Waals surface area contributed by atoms with E-state index in [2.05, 4.69) is 22.1 Å². The van der Waals surface area contributed by atoms with E-state index >= 15 is 0 Å². The molecule has 1 aromatic carbocycles. The lowest BCUT2D eigenvalue weighted by Crippen LogP contribution is -2.48. The number of halogens is 1. The van der Waals surface area contributed by atoms with Gasteiger partial charge in [0, 0.05) is 18.2 Å². The number of hydrogen-bond acceptors (Lipinski definition) is 6. The highest BCUT2D eigenvalue weighted by atomic mass is 35.5. The van der Waals surface area contributed by atoms with Crippen LogP contribution in [0.4, 0.5) is 0 Å². The number of nitrogens with one attached hydrogen (secondary N) is 1. The van der Waals surface area contributed by atoms with Gasteiger partial charge in [0.2, 0.25) is 5.88 Å². The molecule has 1 heterocycles. The Hall–Kier alpha value is -2.15. The Morgan fingerprint density at radius 2 is 2.07 bits per heavy atom. The van der Waals surface area contributed by atoms with Crippen LogP contribution in [0.1, 0.15) is 19.4 Å². The van der Waals surface area contributed by atoms with Crippen molar-refractivity contribution < 1.29 is 14.6 Å². The lowest BCUT2D eigenvalue weighted by molar-refractivity contribution is 0.0922. The first-order valence-corrected chi connectivity index (χ1v) is 9.13. The number of benzene rings is 1. The van der Waals surface area contributed by atoms with Gasteiger partial charge in [-0.2, -0.15) is 0 Å². The number of β-amino-alcohol motifs (C(OH)–C–C–N with tert-alkyl or cyclic N) is 1. The third kappa shape index (κ3) is 7.95. The average Bonchev–Trinajstić information content (AvgIpc) is 2.65. The molecule has 0 fully saturated rings. The van der Waals surface area contributed by atoms with Gasteiger partial charge in [-0.25, -0.2) is 0 Å². The molecule has 2 aromatic rings. The standard InChI is InChI=1S/C20H26ClN3O3/c1-4-6-15-7-5-8-17(11-15)26-13-16(25)12-22-20(2,3)14-27-19-10-9-18(21)23-24-19/h4-5,7-11,16,22,25H,1,6,12-14H2,2-3H3. The first kappa shape index (κ1) is 21.2. The Bertz CT molecular complexity index is 723.